The van der Waals surface area contributed by atoms with Gasteiger partial charge in [0.1, 0.15) is 0 Å². The van der Waals surface area contributed by atoms with Gasteiger partial charge in [-0.25, -0.2) is 4.57 Å². The molecule has 8 heteroatoms. The molecule has 0 aliphatic rings. The van der Waals surface area contributed by atoms with Crippen molar-refractivity contribution in [2.45, 2.75) is 0 Å². The van der Waals surface area contributed by atoms with Crippen LogP contribution in [0.2, 0.25) is 0 Å². The molecule has 0 aliphatic heterocycles. The summed E-state index contributed by atoms with van der Waals surface area (Å²) in [5.41, 5.74) is 0. The molecule has 46 valence electrons. The Bertz CT molecular complexity index is 54.7. The van der Waals surface area contributed by atoms with Crippen LogP contribution in [0.25, 0.3) is 0 Å². The van der Waals surface area contributed by atoms with Crippen LogP contribution in [0, 0.1) is 0 Å². The fourth-order valence-electron chi connectivity index (χ4n) is 0. The molecule has 0 aromatic heterocycles. The molecule has 0 rings (SSSR count). The Morgan fingerprint density at radius 3 is 1.12 bits per heavy atom. The Kier molecular flexibility index (Phi) is 17.7. The first-order valence-electron chi connectivity index (χ1n) is 0.965. The molecule has 0 bridgehead atoms. The number of phosphoric acid groups is 1. The van der Waals surface area contributed by atoms with E-state index in [4.69, 9.17) is 29.8 Å². The SMILES string of the molecule is O=P(O)(O)O.[K+].[O-]O. The van der Waals surface area contributed by atoms with E-state index in [1.165, 1.54) is 0 Å². The van der Waals surface area contributed by atoms with Crippen molar-refractivity contribution in [1.82, 2.24) is 0 Å². The zero-order chi connectivity index (χ0) is 6.50. The van der Waals surface area contributed by atoms with Gasteiger partial charge in [0.05, 0.1) is 0 Å². The summed E-state index contributed by atoms with van der Waals surface area (Å²) in [4.78, 5) is 21.6. The van der Waals surface area contributed by atoms with Gasteiger partial charge in [-0.1, -0.05) is 0 Å². The van der Waals surface area contributed by atoms with Crippen LogP contribution in [0.1, 0.15) is 0 Å². The van der Waals surface area contributed by atoms with Crippen molar-refractivity contribution in [3.8, 4) is 0 Å². The summed E-state index contributed by atoms with van der Waals surface area (Å²) in [5, 5.41) is 13.0. The van der Waals surface area contributed by atoms with Crippen molar-refractivity contribution in [3.05, 3.63) is 0 Å². The topological polar surface area (TPSA) is 121 Å². The van der Waals surface area contributed by atoms with E-state index >= 15 is 0 Å². The third-order valence-corrected chi connectivity index (χ3v) is 0. The van der Waals surface area contributed by atoms with Gasteiger partial charge in [-0.15, -0.1) is 0 Å². The maximum absolute atomic E-state index is 8.88. The Morgan fingerprint density at radius 1 is 1.12 bits per heavy atom. The van der Waals surface area contributed by atoms with Gasteiger partial charge in [-0.05, 0) is 0 Å². The normalized spacial score (nSPS) is 8.12. The third-order valence-electron chi connectivity index (χ3n) is 0. The molecule has 0 aromatic rings. The summed E-state index contributed by atoms with van der Waals surface area (Å²) < 4.78 is 8.88. The second-order valence-corrected chi connectivity index (χ2v) is 1.54. The van der Waals surface area contributed by atoms with Crippen molar-refractivity contribution in [2.24, 2.45) is 0 Å². The second kappa shape index (κ2) is 8.67. The van der Waals surface area contributed by atoms with Gasteiger partial charge in [0, 0.05) is 0 Å². The minimum atomic E-state index is -4.64. The molecule has 4 N–H and O–H groups in total. The van der Waals surface area contributed by atoms with Crippen molar-refractivity contribution < 1.29 is 81.1 Å². The van der Waals surface area contributed by atoms with Crippen molar-refractivity contribution in [2.75, 3.05) is 0 Å². The largest absolute Gasteiger partial charge is 1.00 e. The molecule has 0 aliphatic carbocycles. The monoisotopic (exact) mass is 170 g/mol. The van der Waals surface area contributed by atoms with Gasteiger partial charge in [0.15, 0.2) is 0 Å². The van der Waals surface area contributed by atoms with Crippen LogP contribution in [0.3, 0.4) is 0 Å². The predicted octanol–water partition coefficient (Wildman–Crippen LogP) is -5.10. The van der Waals surface area contributed by atoms with E-state index < -0.39 is 7.82 Å². The van der Waals surface area contributed by atoms with E-state index in [-0.39, 0.29) is 51.4 Å². The van der Waals surface area contributed by atoms with Gasteiger partial charge >= 0.3 is 59.2 Å². The molecule has 0 spiro atoms. The Morgan fingerprint density at radius 2 is 1.12 bits per heavy atom. The van der Waals surface area contributed by atoms with E-state index in [1.54, 1.807) is 0 Å². The van der Waals surface area contributed by atoms with Crippen LogP contribution in [0.15, 0.2) is 0 Å². The van der Waals surface area contributed by atoms with E-state index in [1.807, 2.05) is 0 Å². The average molecular weight is 170 g/mol. The molecule has 6 nitrogen and oxygen atoms in total. The van der Waals surface area contributed by atoms with E-state index in [9.17, 15) is 0 Å². The van der Waals surface area contributed by atoms with Crippen LogP contribution >= 0.6 is 7.82 Å². The minimum Gasteiger partial charge on any atom is -0.727 e. The van der Waals surface area contributed by atoms with Crippen LogP contribution < -0.4 is 56.6 Å². The number of rotatable bonds is 0. The molecule has 0 atom stereocenters. The standard InChI is InChI=1S/K.H3O4P.H2O2/c;1-5(2,3)4;1-2/h;(H3,1,2,3,4);1-2H/q+1;;/p-1. The molecule has 0 saturated carbocycles. The van der Waals surface area contributed by atoms with Gasteiger partial charge in [0.2, 0.25) is 0 Å². The average Bonchev–Trinajstić information content (AvgIpc) is 1.36. The predicted molar refractivity (Wildman–Crippen MR) is 16.9 cm³/mol. The number of hydrogen-bond donors (Lipinski definition) is 4. The first-order valence-corrected chi connectivity index (χ1v) is 2.53. The van der Waals surface area contributed by atoms with E-state index in [2.05, 4.69) is 0 Å². The molecule has 0 fully saturated rings. The summed E-state index contributed by atoms with van der Waals surface area (Å²) in [5.74, 6) is 0. The summed E-state index contributed by atoms with van der Waals surface area (Å²) in [7, 11) is -4.64. The summed E-state index contributed by atoms with van der Waals surface area (Å²) in [6.45, 7) is 0. The molecule has 0 saturated heterocycles. The zero-order valence-electron chi connectivity index (χ0n) is 4.05. The summed E-state index contributed by atoms with van der Waals surface area (Å²) in [6.07, 6.45) is 0. The van der Waals surface area contributed by atoms with Crippen LogP contribution in [-0.4, -0.2) is 19.9 Å². The van der Waals surface area contributed by atoms with Gasteiger partial charge in [0.25, 0.3) is 0 Å². The summed E-state index contributed by atoms with van der Waals surface area (Å²) >= 11 is 0. The first kappa shape index (κ1) is 16.3. The summed E-state index contributed by atoms with van der Waals surface area (Å²) in [6, 6.07) is 0. The smallest absolute Gasteiger partial charge is 0.727 e. The fraction of sp³-hybridized carbons (Fsp3) is 0. The molecule has 8 heavy (non-hydrogen) atoms. The quantitative estimate of drug-likeness (QED) is 0.125. The third kappa shape index (κ3) is 123. The zero-order valence-corrected chi connectivity index (χ0v) is 8.07. The van der Waals surface area contributed by atoms with Crippen molar-refractivity contribution in [3.63, 3.8) is 0 Å². The van der Waals surface area contributed by atoms with Crippen molar-refractivity contribution >= 4 is 7.82 Å². The minimum absolute atomic E-state index is 0. The molecular formula is H4KO6P. The van der Waals surface area contributed by atoms with Gasteiger partial charge < -0.3 is 25.2 Å². The van der Waals surface area contributed by atoms with Crippen LogP contribution in [-0.2, 0) is 4.57 Å². The van der Waals surface area contributed by atoms with E-state index in [0.29, 0.717) is 0 Å². The molecule has 0 radical (unpaired) electrons. The Hall–Kier alpha value is 1.67. The molecule has 0 unspecified atom stereocenters. The van der Waals surface area contributed by atoms with Gasteiger partial charge in [-0.2, -0.15) is 0 Å². The second-order valence-electron chi connectivity index (χ2n) is 0.513. The van der Waals surface area contributed by atoms with Crippen molar-refractivity contribution in [1.29, 1.82) is 0 Å². The maximum Gasteiger partial charge on any atom is 1.00 e. The van der Waals surface area contributed by atoms with Crippen LogP contribution in [0.4, 0.5) is 0 Å². The number of hydrogen-bond acceptors (Lipinski definition) is 3. The Labute approximate surface area is 87.8 Å². The molecular weight excluding hydrogens is 166 g/mol. The first-order chi connectivity index (χ1) is 3.00. The fourth-order valence-corrected chi connectivity index (χ4v) is 0. The molecule has 0 amide bonds. The van der Waals surface area contributed by atoms with E-state index in [0.717, 1.165) is 0 Å². The Balaban J connectivity index is -0.0000000750. The molecule has 0 heterocycles. The maximum atomic E-state index is 8.88. The molecule has 0 aromatic carbocycles. The van der Waals surface area contributed by atoms with Gasteiger partial charge in [-0.3, -0.25) is 0 Å². The van der Waals surface area contributed by atoms with Crippen LogP contribution in [0.5, 0.6) is 0 Å².